The summed E-state index contributed by atoms with van der Waals surface area (Å²) in [4.78, 5) is 69.9. The van der Waals surface area contributed by atoms with Crippen LogP contribution in [0.25, 0.3) is 0 Å². The van der Waals surface area contributed by atoms with Crippen LogP contribution in [0.2, 0.25) is 0 Å². The van der Waals surface area contributed by atoms with E-state index in [9.17, 15) is 28.8 Å². The third-order valence-corrected chi connectivity index (χ3v) is 6.13. The van der Waals surface area contributed by atoms with Gasteiger partial charge in [0.1, 0.15) is 19.3 Å². The molecule has 0 saturated heterocycles. The molecule has 0 aromatic rings. The molecule has 0 heterocycles. The van der Waals surface area contributed by atoms with Crippen molar-refractivity contribution >= 4 is 35.4 Å². The van der Waals surface area contributed by atoms with Crippen LogP contribution in [-0.2, 0) is 47.7 Å². The summed E-state index contributed by atoms with van der Waals surface area (Å²) in [6, 6.07) is -1.12. The summed E-state index contributed by atoms with van der Waals surface area (Å²) in [5, 5.41) is 19.4. The van der Waals surface area contributed by atoms with Gasteiger partial charge < -0.3 is 49.8 Å². The molecule has 0 aromatic carbocycles. The number of quaternary nitrogens is 1. The molecule has 0 aliphatic carbocycles. The van der Waals surface area contributed by atoms with Gasteiger partial charge >= 0.3 is 5.97 Å². The van der Waals surface area contributed by atoms with E-state index in [0.29, 0.717) is 43.9 Å². The van der Waals surface area contributed by atoms with Gasteiger partial charge in [0.05, 0.1) is 66.8 Å². The number of carbonyl (C=O) groups is 6. The van der Waals surface area contributed by atoms with Crippen molar-refractivity contribution in [3.63, 3.8) is 0 Å². The van der Waals surface area contributed by atoms with Crippen LogP contribution in [0, 0.1) is 5.41 Å². The van der Waals surface area contributed by atoms with Crippen molar-refractivity contribution in [3.8, 4) is 0 Å². The number of aliphatic carboxylic acids is 1. The fourth-order valence-electron chi connectivity index (χ4n) is 3.45. The maximum Gasteiger partial charge on any atom is 0.326 e. The molecule has 0 aliphatic rings. The van der Waals surface area contributed by atoms with E-state index in [1.807, 2.05) is 34.9 Å². The van der Waals surface area contributed by atoms with Gasteiger partial charge in [0.15, 0.2) is 12.3 Å². The Morgan fingerprint density at radius 3 is 1.76 bits per heavy atom. The van der Waals surface area contributed by atoms with Crippen LogP contribution in [-0.4, -0.2) is 151 Å². The predicted octanol–water partition coefficient (Wildman–Crippen LogP) is -1.54. The Balaban J connectivity index is 3.79. The molecule has 0 aliphatic heterocycles. The van der Waals surface area contributed by atoms with Crippen LogP contribution in [0.4, 0.5) is 0 Å². The molecule has 0 fully saturated rings. The molecule has 0 saturated carbocycles. The first-order chi connectivity index (χ1) is 21.0. The lowest BCUT2D eigenvalue weighted by Crippen LogP contribution is -2.51. The first-order valence-electron chi connectivity index (χ1n) is 15.0. The number of Topliss-reactive ketones (excluding diaryl/α,β-unsaturated/α-hetero) is 1. The van der Waals surface area contributed by atoms with Gasteiger partial charge in [0.25, 0.3) is 5.91 Å². The average molecular weight is 649 g/mol. The topological polar surface area (TPSA) is 208 Å². The number of likely N-dealkylation sites (N-methyl/N-ethyl adjacent to an activating group) is 1. The second-order valence-corrected chi connectivity index (χ2v) is 12.0. The number of nitrogens with zero attached hydrogens (tertiary/aromatic N) is 1. The minimum absolute atomic E-state index is 0.0266. The molecule has 45 heavy (non-hydrogen) atoms. The van der Waals surface area contributed by atoms with Gasteiger partial charge in [-0.1, -0.05) is 20.8 Å². The minimum Gasteiger partial charge on any atom is -0.480 e. The minimum atomic E-state index is -1.21. The first-order valence-corrected chi connectivity index (χ1v) is 15.0. The Bertz CT molecular complexity index is 938. The Kier molecular flexibility index (Phi) is 21.6. The van der Waals surface area contributed by atoms with Gasteiger partial charge in [0, 0.05) is 31.8 Å². The Hall–Kier alpha value is -3.18. The normalized spacial score (nSPS) is 12.2. The fourth-order valence-corrected chi connectivity index (χ4v) is 3.45. The first kappa shape index (κ1) is 41.8. The Morgan fingerprint density at radius 2 is 1.22 bits per heavy atom. The molecule has 4 amide bonds. The maximum atomic E-state index is 12.3. The van der Waals surface area contributed by atoms with E-state index in [1.54, 1.807) is 0 Å². The summed E-state index contributed by atoms with van der Waals surface area (Å²) in [5.41, 5.74) is -0.432. The summed E-state index contributed by atoms with van der Waals surface area (Å²) in [6.07, 6.45) is -0.0869. The zero-order valence-electron chi connectivity index (χ0n) is 27.7. The number of ether oxygens (including phenoxy) is 4. The number of amides is 4. The second kappa shape index (κ2) is 23.2. The van der Waals surface area contributed by atoms with E-state index in [2.05, 4.69) is 21.3 Å². The number of hydrogen-bond acceptors (Lipinski definition) is 10. The number of carboxylic acid groups (broad SMARTS) is 1. The summed E-state index contributed by atoms with van der Waals surface area (Å²) < 4.78 is 21.7. The van der Waals surface area contributed by atoms with E-state index < -0.39 is 23.3 Å². The molecule has 16 nitrogen and oxygen atoms in total. The lowest BCUT2D eigenvalue weighted by Gasteiger charge is -2.29. The molecule has 0 rings (SSSR count). The van der Waals surface area contributed by atoms with Gasteiger partial charge in [-0.3, -0.25) is 24.0 Å². The van der Waals surface area contributed by atoms with Crippen molar-refractivity contribution in [2.75, 3.05) is 99.7 Å². The molecule has 0 aromatic heterocycles. The van der Waals surface area contributed by atoms with Crippen LogP contribution in [0.3, 0.4) is 0 Å². The number of carbonyl (C=O) groups excluding carboxylic acids is 5. The van der Waals surface area contributed by atoms with Crippen molar-refractivity contribution < 1.29 is 57.3 Å². The van der Waals surface area contributed by atoms with Crippen molar-refractivity contribution in [3.05, 3.63) is 0 Å². The fraction of sp³-hybridized carbons (Fsp3) is 0.793. The van der Waals surface area contributed by atoms with Crippen molar-refractivity contribution in [2.24, 2.45) is 5.41 Å². The van der Waals surface area contributed by atoms with E-state index in [1.165, 1.54) is 6.92 Å². The van der Waals surface area contributed by atoms with E-state index in [0.717, 1.165) is 0 Å². The summed E-state index contributed by atoms with van der Waals surface area (Å²) in [6.45, 7) is 9.85. The van der Waals surface area contributed by atoms with E-state index in [-0.39, 0.29) is 82.5 Å². The lowest BCUT2D eigenvalue weighted by atomic mass is 9.91. The molecule has 260 valence electrons. The third kappa shape index (κ3) is 24.8. The number of carboxylic acids is 1. The second-order valence-electron chi connectivity index (χ2n) is 12.0. The molecule has 0 radical (unpaired) electrons. The average Bonchev–Trinajstić information content (AvgIpc) is 2.92. The summed E-state index contributed by atoms with van der Waals surface area (Å²) in [7, 11) is 3.76. The zero-order valence-corrected chi connectivity index (χ0v) is 27.7. The van der Waals surface area contributed by atoms with Crippen LogP contribution in [0.5, 0.6) is 0 Å². The highest BCUT2D eigenvalue weighted by atomic mass is 16.5. The van der Waals surface area contributed by atoms with Crippen LogP contribution in [0.1, 0.15) is 40.5 Å². The number of hydrogen-bond donors (Lipinski definition) is 5. The Labute approximate surface area is 265 Å². The highest BCUT2D eigenvalue weighted by molar-refractivity contribution is 5.85. The molecule has 1 unspecified atom stereocenters. The van der Waals surface area contributed by atoms with Crippen LogP contribution < -0.4 is 21.3 Å². The molecular formula is C29H54N5O11+. The maximum absolute atomic E-state index is 12.3. The Morgan fingerprint density at radius 1 is 0.711 bits per heavy atom. The number of nitrogens with one attached hydrogen (secondary N) is 4. The molecule has 16 heteroatoms. The SMILES string of the molecule is CC(=O)NC(CCC(=O)NCCOCCOCC(=O)NCC[N+](C)(C)CC(=O)NCCOCCOCC(=O)C(C)(C)C)C(=O)O. The van der Waals surface area contributed by atoms with E-state index >= 15 is 0 Å². The van der Waals surface area contributed by atoms with Crippen molar-refractivity contribution in [1.82, 2.24) is 21.3 Å². The molecular weight excluding hydrogens is 594 g/mol. The monoisotopic (exact) mass is 648 g/mol. The largest absolute Gasteiger partial charge is 0.480 e. The molecule has 0 bridgehead atoms. The summed E-state index contributed by atoms with van der Waals surface area (Å²) >= 11 is 0. The van der Waals surface area contributed by atoms with Gasteiger partial charge in [-0.05, 0) is 6.42 Å². The van der Waals surface area contributed by atoms with E-state index in [4.69, 9.17) is 24.1 Å². The lowest BCUT2D eigenvalue weighted by molar-refractivity contribution is -0.881. The molecule has 0 spiro atoms. The molecule has 1 atom stereocenters. The smallest absolute Gasteiger partial charge is 0.326 e. The molecule has 5 N–H and O–H groups in total. The van der Waals surface area contributed by atoms with Gasteiger partial charge in [-0.2, -0.15) is 0 Å². The quantitative estimate of drug-likeness (QED) is 0.0537. The number of ketones is 1. The van der Waals surface area contributed by atoms with Gasteiger partial charge in [-0.25, -0.2) is 4.79 Å². The van der Waals surface area contributed by atoms with Crippen molar-refractivity contribution in [2.45, 2.75) is 46.6 Å². The van der Waals surface area contributed by atoms with Crippen LogP contribution >= 0.6 is 0 Å². The van der Waals surface area contributed by atoms with Gasteiger partial charge in [0.2, 0.25) is 17.7 Å². The highest BCUT2D eigenvalue weighted by Crippen LogP contribution is 2.14. The zero-order chi connectivity index (χ0) is 34.3. The standard InChI is InChI=1S/C29H53N5O11/c1-22(35)33-23(28(40)41)7-8-25(37)31-10-13-42-16-18-45-21-27(39)30-9-12-34(5,6)19-26(38)32-11-14-43-15-17-44-20-24(36)29(2,3)4/h23H,7-21H2,1-6H3,(H4-,30,31,32,33,35,37,38,39,40,41)/p+1. The highest BCUT2D eigenvalue weighted by Gasteiger charge is 2.22. The predicted molar refractivity (Wildman–Crippen MR) is 163 cm³/mol. The van der Waals surface area contributed by atoms with Crippen LogP contribution in [0.15, 0.2) is 0 Å². The van der Waals surface area contributed by atoms with Crippen molar-refractivity contribution in [1.29, 1.82) is 0 Å². The summed E-state index contributed by atoms with van der Waals surface area (Å²) in [5.74, 6) is -2.46. The van der Waals surface area contributed by atoms with Gasteiger partial charge in [-0.15, -0.1) is 0 Å². The third-order valence-electron chi connectivity index (χ3n) is 6.13. The number of rotatable bonds is 26.